The van der Waals surface area contributed by atoms with Gasteiger partial charge >= 0.3 is 0 Å². The van der Waals surface area contributed by atoms with Crippen LogP contribution in [0.2, 0.25) is 0 Å². The highest BCUT2D eigenvalue weighted by atomic mass is 32.1. The molecule has 3 N–H and O–H groups in total. The largest absolute Gasteiger partial charge is 0.396 e. The molecule has 0 aliphatic heterocycles. The molecule has 14 heavy (non-hydrogen) atoms. The van der Waals surface area contributed by atoms with Crippen LogP contribution in [0.5, 0.6) is 0 Å². The van der Waals surface area contributed by atoms with Crippen LogP contribution in [0.25, 0.3) is 0 Å². The molecule has 0 amide bonds. The van der Waals surface area contributed by atoms with Crippen molar-refractivity contribution in [3.63, 3.8) is 0 Å². The van der Waals surface area contributed by atoms with Gasteiger partial charge in [-0.25, -0.2) is 0 Å². The first-order chi connectivity index (χ1) is 6.81. The van der Waals surface area contributed by atoms with Gasteiger partial charge in [-0.2, -0.15) is 0 Å². The van der Waals surface area contributed by atoms with Crippen LogP contribution in [-0.4, -0.2) is 29.9 Å². The number of hydrogen-bond acceptors (Lipinski definition) is 2. The third-order valence-electron chi connectivity index (χ3n) is 1.94. The third-order valence-corrected chi connectivity index (χ3v) is 2.23. The van der Waals surface area contributed by atoms with Crippen LogP contribution in [0.3, 0.4) is 0 Å². The van der Waals surface area contributed by atoms with Crippen LogP contribution >= 0.6 is 12.2 Å². The molecule has 0 aromatic rings. The van der Waals surface area contributed by atoms with Gasteiger partial charge in [0.2, 0.25) is 0 Å². The van der Waals surface area contributed by atoms with Gasteiger partial charge in [0.25, 0.3) is 0 Å². The molecule has 0 unspecified atom stereocenters. The molecule has 0 aliphatic carbocycles. The van der Waals surface area contributed by atoms with Gasteiger partial charge in [-0.15, -0.1) is 0 Å². The lowest BCUT2D eigenvalue weighted by Crippen LogP contribution is -2.36. The second kappa shape index (κ2) is 10.7. The molecule has 0 saturated heterocycles. The van der Waals surface area contributed by atoms with Crippen molar-refractivity contribution < 1.29 is 5.11 Å². The van der Waals surface area contributed by atoms with E-state index in [-0.39, 0.29) is 0 Å². The van der Waals surface area contributed by atoms with Crippen molar-refractivity contribution in [1.82, 2.24) is 10.6 Å². The van der Waals surface area contributed by atoms with Gasteiger partial charge < -0.3 is 15.7 Å². The first-order valence-corrected chi connectivity index (χ1v) is 5.84. The molecule has 0 bridgehead atoms. The van der Waals surface area contributed by atoms with Gasteiger partial charge in [-0.1, -0.05) is 13.3 Å². The van der Waals surface area contributed by atoms with E-state index in [9.17, 15) is 0 Å². The van der Waals surface area contributed by atoms with E-state index in [1.807, 2.05) is 0 Å². The summed E-state index contributed by atoms with van der Waals surface area (Å²) in [5.41, 5.74) is 0. The summed E-state index contributed by atoms with van der Waals surface area (Å²) in [5.74, 6) is 0. The van der Waals surface area contributed by atoms with Crippen molar-refractivity contribution in [3.8, 4) is 0 Å². The Morgan fingerprint density at radius 3 is 2.29 bits per heavy atom. The molecule has 0 radical (unpaired) electrons. The summed E-state index contributed by atoms with van der Waals surface area (Å²) in [6.07, 6.45) is 5.35. The quantitative estimate of drug-likeness (QED) is 0.426. The second-order valence-electron chi connectivity index (χ2n) is 3.32. The zero-order valence-corrected chi connectivity index (χ0v) is 9.83. The number of aliphatic hydroxyl groups is 1. The zero-order chi connectivity index (χ0) is 10.6. The summed E-state index contributed by atoms with van der Waals surface area (Å²) >= 11 is 5.07. The van der Waals surface area contributed by atoms with Crippen LogP contribution < -0.4 is 10.6 Å². The van der Waals surface area contributed by atoms with E-state index >= 15 is 0 Å². The number of thiocarbonyl (C=S) groups is 1. The number of hydrogen-bond donors (Lipinski definition) is 3. The predicted octanol–water partition coefficient (Wildman–Crippen LogP) is 1.41. The lowest BCUT2D eigenvalue weighted by atomic mass is 10.2. The minimum absolute atomic E-state index is 0.291. The lowest BCUT2D eigenvalue weighted by Gasteiger charge is -2.09. The number of aliphatic hydroxyl groups excluding tert-OH is 1. The fraction of sp³-hybridized carbons (Fsp3) is 0.900. The lowest BCUT2D eigenvalue weighted by molar-refractivity contribution is 0.283. The molecule has 0 fully saturated rings. The van der Waals surface area contributed by atoms with Crippen LogP contribution in [0, 0.1) is 0 Å². The van der Waals surface area contributed by atoms with E-state index in [0.717, 1.165) is 43.9 Å². The molecular weight excluding hydrogens is 196 g/mol. The Bertz CT molecular complexity index is 142. The smallest absolute Gasteiger partial charge is 0.166 e. The van der Waals surface area contributed by atoms with E-state index < -0.39 is 0 Å². The Kier molecular flexibility index (Phi) is 10.5. The minimum atomic E-state index is 0.291. The summed E-state index contributed by atoms with van der Waals surface area (Å²) < 4.78 is 0. The van der Waals surface area contributed by atoms with Crippen molar-refractivity contribution >= 4 is 17.3 Å². The summed E-state index contributed by atoms with van der Waals surface area (Å²) in [5, 5.41) is 15.6. The highest BCUT2D eigenvalue weighted by Gasteiger charge is 1.93. The highest BCUT2D eigenvalue weighted by Crippen LogP contribution is 1.91. The fourth-order valence-electron chi connectivity index (χ4n) is 1.06. The third kappa shape index (κ3) is 9.74. The summed E-state index contributed by atoms with van der Waals surface area (Å²) in [6, 6.07) is 0. The maximum atomic E-state index is 8.56. The highest BCUT2D eigenvalue weighted by molar-refractivity contribution is 7.80. The first kappa shape index (κ1) is 13.7. The normalized spacial score (nSPS) is 9.86. The molecule has 0 rings (SSSR count). The number of unbranched alkanes of at least 4 members (excludes halogenated alkanes) is 3. The topological polar surface area (TPSA) is 44.3 Å². The van der Waals surface area contributed by atoms with E-state index in [0.29, 0.717) is 6.61 Å². The molecule has 4 heteroatoms. The van der Waals surface area contributed by atoms with E-state index in [2.05, 4.69) is 17.6 Å². The predicted molar refractivity (Wildman–Crippen MR) is 64.4 cm³/mol. The molecule has 0 aromatic heterocycles. The van der Waals surface area contributed by atoms with E-state index in [4.69, 9.17) is 17.3 Å². The Hall–Kier alpha value is -0.350. The van der Waals surface area contributed by atoms with Gasteiger partial charge in [0.15, 0.2) is 5.11 Å². The van der Waals surface area contributed by atoms with Crippen molar-refractivity contribution in [2.45, 2.75) is 39.0 Å². The van der Waals surface area contributed by atoms with E-state index in [1.54, 1.807) is 0 Å². The summed E-state index contributed by atoms with van der Waals surface area (Å²) in [6.45, 7) is 4.31. The molecule has 0 aromatic carbocycles. The Labute approximate surface area is 92.3 Å². The maximum Gasteiger partial charge on any atom is 0.166 e. The summed E-state index contributed by atoms with van der Waals surface area (Å²) in [7, 11) is 0. The van der Waals surface area contributed by atoms with Crippen molar-refractivity contribution in [1.29, 1.82) is 0 Å². The molecular formula is C10H22N2OS. The molecule has 0 heterocycles. The SMILES string of the molecule is CCCCNC(=S)NCCCCCO. The Morgan fingerprint density at radius 2 is 1.71 bits per heavy atom. The zero-order valence-electron chi connectivity index (χ0n) is 9.01. The standard InChI is InChI=1S/C10H22N2OS/c1-2-3-7-11-10(14)12-8-5-4-6-9-13/h13H,2-9H2,1H3,(H2,11,12,14). The minimum Gasteiger partial charge on any atom is -0.396 e. The Morgan fingerprint density at radius 1 is 1.07 bits per heavy atom. The molecule has 0 aliphatic rings. The van der Waals surface area contributed by atoms with Crippen molar-refractivity contribution in [2.75, 3.05) is 19.7 Å². The monoisotopic (exact) mass is 218 g/mol. The van der Waals surface area contributed by atoms with Crippen molar-refractivity contribution in [2.24, 2.45) is 0 Å². The molecule has 0 spiro atoms. The van der Waals surface area contributed by atoms with Gasteiger partial charge in [0.1, 0.15) is 0 Å². The van der Waals surface area contributed by atoms with Crippen LogP contribution in [0.1, 0.15) is 39.0 Å². The van der Waals surface area contributed by atoms with Crippen LogP contribution in [0.15, 0.2) is 0 Å². The number of nitrogens with one attached hydrogen (secondary N) is 2. The fourth-order valence-corrected chi connectivity index (χ4v) is 1.26. The maximum absolute atomic E-state index is 8.56. The van der Waals surface area contributed by atoms with Gasteiger partial charge in [0.05, 0.1) is 0 Å². The molecule has 84 valence electrons. The van der Waals surface area contributed by atoms with Crippen LogP contribution in [-0.2, 0) is 0 Å². The average molecular weight is 218 g/mol. The van der Waals surface area contributed by atoms with Crippen LogP contribution in [0.4, 0.5) is 0 Å². The van der Waals surface area contributed by atoms with Gasteiger partial charge in [0, 0.05) is 19.7 Å². The summed E-state index contributed by atoms with van der Waals surface area (Å²) in [4.78, 5) is 0. The van der Waals surface area contributed by atoms with Gasteiger partial charge in [-0.3, -0.25) is 0 Å². The first-order valence-electron chi connectivity index (χ1n) is 5.43. The molecule has 0 atom stereocenters. The van der Waals surface area contributed by atoms with Crippen molar-refractivity contribution in [3.05, 3.63) is 0 Å². The molecule has 0 saturated carbocycles. The number of rotatable bonds is 8. The van der Waals surface area contributed by atoms with Gasteiger partial charge in [-0.05, 0) is 37.9 Å². The average Bonchev–Trinajstić information content (AvgIpc) is 2.18. The Balaban J connectivity index is 3.10. The van der Waals surface area contributed by atoms with E-state index in [1.165, 1.54) is 6.42 Å². The molecule has 3 nitrogen and oxygen atoms in total. The second-order valence-corrected chi connectivity index (χ2v) is 3.73.